The van der Waals surface area contributed by atoms with Crippen LogP contribution >= 0.6 is 0 Å². The predicted molar refractivity (Wildman–Crippen MR) is 73.1 cm³/mol. The van der Waals surface area contributed by atoms with Crippen molar-refractivity contribution in [3.8, 4) is 17.6 Å². The Morgan fingerprint density at radius 2 is 1.70 bits per heavy atom. The maximum Gasteiger partial charge on any atom is 0.124 e. The molecule has 0 aliphatic rings. The van der Waals surface area contributed by atoms with Crippen molar-refractivity contribution in [1.82, 2.24) is 0 Å². The monoisotopic (exact) mass is 273 g/mol. The summed E-state index contributed by atoms with van der Waals surface area (Å²) in [5.74, 6) is 5.33. The zero-order chi connectivity index (χ0) is 14.4. The van der Waals surface area contributed by atoms with Gasteiger partial charge in [0.1, 0.15) is 24.0 Å². The number of rotatable bonds is 3. The van der Waals surface area contributed by atoms with Crippen molar-refractivity contribution >= 4 is 0 Å². The van der Waals surface area contributed by atoms with Crippen molar-refractivity contribution < 1.29 is 13.5 Å². The average Bonchev–Trinajstić information content (AvgIpc) is 2.46. The van der Waals surface area contributed by atoms with Crippen LogP contribution in [0.2, 0.25) is 0 Å². The molecule has 20 heavy (non-hydrogen) atoms. The molecule has 2 rings (SSSR count). The van der Waals surface area contributed by atoms with Crippen molar-refractivity contribution in [3.63, 3.8) is 0 Å². The molecule has 0 saturated carbocycles. The summed E-state index contributed by atoms with van der Waals surface area (Å²) in [6.07, 6.45) is 0. The predicted octanol–water partition coefficient (Wildman–Crippen LogP) is 2.85. The third-order valence-electron chi connectivity index (χ3n) is 2.61. The molecule has 0 atom stereocenters. The van der Waals surface area contributed by atoms with Gasteiger partial charge in [-0.3, -0.25) is 0 Å². The minimum absolute atomic E-state index is 0.203. The Labute approximate surface area is 116 Å². The SMILES string of the molecule is NCC#Cc1cc(F)ccc1COc1ccc(F)cc1. The summed E-state index contributed by atoms with van der Waals surface area (Å²) in [5, 5.41) is 0. The summed E-state index contributed by atoms with van der Waals surface area (Å²) in [7, 11) is 0. The molecule has 0 fully saturated rings. The van der Waals surface area contributed by atoms with Crippen LogP contribution in [0.4, 0.5) is 8.78 Å². The second-order valence-electron chi connectivity index (χ2n) is 4.05. The second kappa shape index (κ2) is 6.69. The van der Waals surface area contributed by atoms with Gasteiger partial charge in [-0.2, -0.15) is 0 Å². The highest BCUT2D eigenvalue weighted by Crippen LogP contribution is 2.16. The molecule has 2 aromatic rings. The van der Waals surface area contributed by atoms with E-state index in [4.69, 9.17) is 10.5 Å². The summed E-state index contributed by atoms with van der Waals surface area (Å²) < 4.78 is 31.5. The van der Waals surface area contributed by atoms with E-state index in [0.29, 0.717) is 11.3 Å². The number of halogens is 2. The summed E-state index contributed by atoms with van der Waals surface area (Å²) in [6.45, 7) is 0.426. The molecule has 0 saturated heterocycles. The van der Waals surface area contributed by atoms with Gasteiger partial charge in [0.15, 0.2) is 0 Å². The second-order valence-corrected chi connectivity index (χ2v) is 4.05. The number of hydrogen-bond acceptors (Lipinski definition) is 2. The van der Waals surface area contributed by atoms with E-state index >= 15 is 0 Å². The maximum absolute atomic E-state index is 13.2. The molecule has 4 heteroatoms. The molecular formula is C16H13F2NO. The van der Waals surface area contributed by atoms with Crippen molar-refractivity contribution in [2.75, 3.05) is 6.54 Å². The molecular weight excluding hydrogens is 260 g/mol. The fraction of sp³-hybridized carbons (Fsp3) is 0.125. The summed E-state index contributed by atoms with van der Waals surface area (Å²) in [5.41, 5.74) is 6.60. The standard InChI is InChI=1S/C16H13F2NO/c17-14-5-7-16(8-6-14)20-11-13-3-4-15(18)10-12(13)2-1-9-19/h3-8,10H,9,11,19H2. The lowest BCUT2D eigenvalue weighted by molar-refractivity contribution is 0.305. The third-order valence-corrected chi connectivity index (χ3v) is 2.61. The van der Waals surface area contributed by atoms with E-state index in [0.717, 1.165) is 5.56 Å². The van der Waals surface area contributed by atoms with E-state index in [1.54, 1.807) is 6.07 Å². The van der Waals surface area contributed by atoms with E-state index in [-0.39, 0.29) is 24.8 Å². The molecule has 0 amide bonds. The van der Waals surface area contributed by atoms with Crippen LogP contribution in [0.25, 0.3) is 0 Å². The Kier molecular flexibility index (Phi) is 4.70. The number of ether oxygens (including phenoxy) is 1. The Hall–Kier alpha value is -2.38. The minimum Gasteiger partial charge on any atom is -0.489 e. The molecule has 2 aromatic carbocycles. The fourth-order valence-corrected chi connectivity index (χ4v) is 1.63. The van der Waals surface area contributed by atoms with E-state index in [2.05, 4.69) is 11.8 Å². The van der Waals surface area contributed by atoms with Crippen LogP contribution in [0.5, 0.6) is 5.75 Å². The first-order chi connectivity index (χ1) is 9.69. The first kappa shape index (κ1) is 14.0. The van der Waals surface area contributed by atoms with Gasteiger partial charge in [-0.25, -0.2) is 8.78 Å². The van der Waals surface area contributed by atoms with Crippen LogP contribution in [0.3, 0.4) is 0 Å². The first-order valence-electron chi connectivity index (χ1n) is 6.05. The highest BCUT2D eigenvalue weighted by Gasteiger charge is 2.03. The van der Waals surface area contributed by atoms with E-state index in [9.17, 15) is 8.78 Å². The molecule has 0 spiro atoms. The first-order valence-corrected chi connectivity index (χ1v) is 6.05. The summed E-state index contributed by atoms with van der Waals surface area (Å²) in [4.78, 5) is 0. The summed E-state index contributed by atoms with van der Waals surface area (Å²) in [6, 6.07) is 9.99. The maximum atomic E-state index is 13.2. The molecule has 2 nitrogen and oxygen atoms in total. The van der Waals surface area contributed by atoms with Crippen molar-refractivity contribution in [2.45, 2.75) is 6.61 Å². The van der Waals surface area contributed by atoms with Crippen LogP contribution in [-0.4, -0.2) is 6.54 Å². The molecule has 2 N–H and O–H groups in total. The van der Waals surface area contributed by atoms with Crippen LogP contribution < -0.4 is 10.5 Å². The molecule has 0 bridgehead atoms. The van der Waals surface area contributed by atoms with Gasteiger partial charge in [0, 0.05) is 11.1 Å². The highest BCUT2D eigenvalue weighted by molar-refractivity contribution is 5.42. The van der Waals surface area contributed by atoms with Crippen LogP contribution in [0.1, 0.15) is 11.1 Å². The normalized spacial score (nSPS) is 9.75. The largest absolute Gasteiger partial charge is 0.489 e. The van der Waals surface area contributed by atoms with Gasteiger partial charge < -0.3 is 10.5 Å². The lowest BCUT2D eigenvalue weighted by Crippen LogP contribution is -2.00. The van der Waals surface area contributed by atoms with Crippen LogP contribution in [0, 0.1) is 23.5 Å². The van der Waals surface area contributed by atoms with Gasteiger partial charge in [0.25, 0.3) is 0 Å². The van der Waals surface area contributed by atoms with Gasteiger partial charge in [-0.1, -0.05) is 17.9 Å². The van der Waals surface area contributed by atoms with Gasteiger partial charge in [-0.15, -0.1) is 0 Å². The summed E-state index contributed by atoms with van der Waals surface area (Å²) >= 11 is 0. The number of nitrogens with two attached hydrogens (primary N) is 1. The van der Waals surface area contributed by atoms with E-state index in [1.807, 2.05) is 0 Å². The minimum atomic E-state index is -0.364. The Morgan fingerprint density at radius 3 is 2.40 bits per heavy atom. The van der Waals surface area contributed by atoms with Crippen LogP contribution in [0.15, 0.2) is 42.5 Å². The third kappa shape index (κ3) is 3.81. The van der Waals surface area contributed by atoms with Gasteiger partial charge in [0.05, 0.1) is 6.54 Å². The van der Waals surface area contributed by atoms with Crippen molar-refractivity contribution in [2.24, 2.45) is 5.73 Å². The lowest BCUT2D eigenvalue weighted by atomic mass is 10.1. The van der Waals surface area contributed by atoms with Gasteiger partial charge in [0.2, 0.25) is 0 Å². The van der Waals surface area contributed by atoms with Crippen molar-refractivity contribution in [1.29, 1.82) is 0 Å². The zero-order valence-corrected chi connectivity index (χ0v) is 10.7. The van der Waals surface area contributed by atoms with Gasteiger partial charge in [-0.05, 0) is 36.4 Å². The molecule has 0 aromatic heterocycles. The Balaban J connectivity index is 2.14. The fourth-order valence-electron chi connectivity index (χ4n) is 1.63. The molecule has 0 unspecified atom stereocenters. The Bertz CT molecular complexity index is 642. The van der Waals surface area contributed by atoms with Gasteiger partial charge >= 0.3 is 0 Å². The number of benzene rings is 2. The van der Waals surface area contributed by atoms with E-state index in [1.165, 1.54) is 36.4 Å². The smallest absolute Gasteiger partial charge is 0.124 e. The average molecular weight is 273 g/mol. The van der Waals surface area contributed by atoms with Crippen LogP contribution in [-0.2, 0) is 6.61 Å². The quantitative estimate of drug-likeness (QED) is 0.873. The topological polar surface area (TPSA) is 35.2 Å². The highest BCUT2D eigenvalue weighted by atomic mass is 19.1. The van der Waals surface area contributed by atoms with E-state index < -0.39 is 0 Å². The zero-order valence-electron chi connectivity index (χ0n) is 10.7. The Morgan fingerprint density at radius 1 is 1.00 bits per heavy atom. The molecule has 102 valence electrons. The van der Waals surface area contributed by atoms with Crippen molar-refractivity contribution in [3.05, 3.63) is 65.2 Å². The lowest BCUT2D eigenvalue weighted by Gasteiger charge is -2.08. The molecule has 0 aliphatic carbocycles. The molecule has 0 heterocycles. The molecule has 0 radical (unpaired) electrons. The number of hydrogen-bond donors (Lipinski definition) is 1. The molecule has 0 aliphatic heterocycles.